The van der Waals surface area contributed by atoms with Gasteiger partial charge in [0.05, 0.1) is 18.8 Å². The second-order valence-electron chi connectivity index (χ2n) is 3.34. The van der Waals surface area contributed by atoms with E-state index in [2.05, 4.69) is 10.1 Å². The number of rotatable bonds is 3. The minimum atomic E-state index is -0.187. The normalized spacial score (nSPS) is 10.6. The molecule has 0 aliphatic rings. The standard InChI is InChI=1S/C10H12N4O2/c11-9-6-8(13-14(9)3-4-15)7-1-2-12-10(16)5-7/h1-2,5-6,15H,3-4,11H2,(H,12,16). The Morgan fingerprint density at radius 1 is 1.50 bits per heavy atom. The molecule has 0 radical (unpaired) electrons. The van der Waals surface area contributed by atoms with Gasteiger partial charge in [-0.2, -0.15) is 5.10 Å². The number of nitrogens with two attached hydrogens (primary N) is 1. The highest BCUT2D eigenvalue weighted by Crippen LogP contribution is 2.18. The molecule has 16 heavy (non-hydrogen) atoms. The molecular formula is C10H12N4O2. The Balaban J connectivity index is 2.41. The molecular weight excluding hydrogens is 208 g/mol. The van der Waals surface area contributed by atoms with E-state index in [9.17, 15) is 4.79 Å². The maximum absolute atomic E-state index is 11.1. The van der Waals surface area contributed by atoms with Gasteiger partial charge in [0.1, 0.15) is 5.82 Å². The van der Waals surface area contributed by atoms with Crippen molar-refractivity contribution in [2.24, 2.45) is 0 Å². The molecule has 84 valence electrons. The van der Waals surface area contributed by atoms with E-state index in [4.69, 9.17) is 10.8 Å². The average molecular weight is 220 g/mol. The summed E-state index contributed by atoms with van der Waals surface area (Å²) in [6.07, 6.45) is 1.55. The topological polar surface area (TPSA) is 96.9 Å². The number of aliphatic hydroxyl groups is 1. The zero-order valence-corrected chi connectivity index (χ0v) is 8.55. The lowest BCUT2D eigenvalue weighted by molar-refractivity contribution is 0.270. The maximum Gasteiger partial charge on any atom is 0.248 e. The minimum Gasteiger partial charge on any atom is -0.394 e. The Labute approximate surface area is 91.3 Å². The molecule has 0 aromatic carbocycles. The second kappa shape index (κ2) is 4.19. The van der Waals surface area contributed by atoms with E-state index in [0.717, 1.165) is 0 Å². The van der Waals surface area contributed by atoms with Crippen molar-refractivity contribution in [3.8, 4) is 11.3 Å². The monoisotopic (exact) mass is 220 g/mol. The van der Waals surface area contributed by atoms with Crippen LogP contribution < -0.4 is 11.3 Å². The molecule has 0 aliphatic carbocycles. The van der Waals surface area contributed by atoms with Gasteiger partial charge in [-0.15, -0.1) is 0 Å². The van der Waals surface area contributed by atoms with Crippen molar-refractivity contribution in [2.75, 3.05) is 12.3 Å². The Morgan fingerprint density at radius 2 is 2.31 bits per heavy atom. The quantitative estimate of drug-likeness (QED) is 0.668. The smallest absolute Gasteiger partial charge is 0.248 e. The lowest BCUT2D eigenvalue weighted by atomic mass is 10.2. The highest BCUT2D eigenvalue weighted by molar-refractivity contribution is 5.61. The van der Waals surface area contributed by atoms with Gasteiger partial charge in [0.2, 0.25) is 5.56 Å². The van der Waals surface area contributed by atoms with Crippen molar-refractivity contribution in [2.45, 2.75) is 6.54 Å². The van der Waals surface area contributed by atoms with Crippen LogP contribution in [0.25, 0.3) is 11.3 Å². The fourth-order valence-electron chi connectivity index (χ4n) is 1.45. The lowest BCUT2D eigenvalue weighted by Crippen LogP contribution is -2.07. The van der Waals surface area contributed by atoms with Gasteiger partial charge in [0.15, 0.2) is 0 Å². The van der Waals surface area contributed by atoms with Gasteiger partial charge in [0.25, 0.3) is 0 Å². The fourth-order valence-corrected chi connectivity index (χ4v) is 1.45. The van der Waals surface area contributed by atoms with Crippen LogP contribution in [0.4, 0.5) is 5.82 Å². The van der Waals surface area contributed by atoms with Gasteiger partial charge in [-0.3, -0.25) is 4.79 Å². The van der Waals surface area contributed by atoms with Gasteiger partial charge < -0.3 is 15.8 Å². The van der Waals surface area contributed by atoms with Gasteiger partial charge in [-0.05, 0) is 6.07 Å². The third-order valence-corrected chi connectivity index (χ3v) is 2.19. The Hall–Kier alpha value is -2.08. The predicted molar refractivity (Wildman–Crippen MR) is 59.8 cm³/mol. The summed E-state index contributed by atoms with van der Waals surface area (Å²) in [4.78, 5) is 13.6. The first-order valence-electron chi connectivity index (χ1n) is 4.84. The van der Waals surface area contributed by atoms with Gasteiger partial charge in [-0.25, -0.2) is 4.68 Å². The third kappa shape index (κ3) is 1.96. The largest absolute Gasteiger partial charge is 0.394 e. The highest BCUT2D eigenvalue weighted by Gasteiger charge is 2.06. The van der Waals surface area contributed by atoms with Crippen LogP contribution in [0.3, 0.4) is 0 Å². The van der Waals surface area contributed by atoms with Crippen LogP contribution in [0.2, 0.25) is 0 Å². The number of anilines is 1. The molecule has 2 aromatic heterocycles. The van der Waals surface area contributed by atoms with Crippen LogP contribution in [0.1, 0.15) is 0 Å². The Bertz CT molecular complexity index is 544. The summed E-state index contributed by atoms with van der Waals surface area (Å²) in [5, 5.41) is 13.0. The Kier molecular flexibility index (Phi) is 2.74. The molecule has 0 saturated carbocycles. The van der Waals surface area contributed by atoms with Crippen LogP contribution in [0, 0.1) is 0 Å². The van der Waals surface area contributed by atoms with Crippen LogP contribution in [0.5, 0.6) is 0 Å². The molecule has 0 unspecified atom stereocenters. The predicted octanol–water partition coefficient (Wildman–Crippen LogP) is -0.187. The summed E-state index contributed by atoms with van der Waals surface area (Å²) < 4.78 is 1.50. The van der Waals surface area contributed by atoms with E-state index in [-0.39, 0.29) is 12.2 Å². The van der Waals surface area contributed by atoms with E-state index in [1.807, 2.05) is 0 Å². The highest BCUT2D eigenvalue weighted by atomic mass is 16.3. The molecule has 0 atom stereocenters. The van der Waals surface area contributed by atoms with Crippen LogP contribution in [-0.2, 0) is 6.54 Å². The van der Waals surface area contributed by atoms with Crippen molar-refractivity contribution in [1.82, 2.24) is 14.8 Å². The Morgan fingerprint density at radius 3 is 3.00 bits per heavy atom. The number of aromatic nitrogens is 3. The number of nitrogens with one attached hydrogen (secondary N) is 1. The first kappa shape index (κ1) is 10.4. The summed E-state index contributed by atoms with van der Waals surface area (Å²) in [7, 11) is 0. The van der Waals surface area contributed by atoms with Gasteiger partial charge in [-0.1, -0.05) is 0 Å². The number of aromatic amines is 1. The number of nitrogens with zero attached hydrogens (tertiary/aromatic N) is 2. The molecule has 0 aliphatic heterocycles. The van der Waals surface area contributed by atoms with E-state index < -0.39 is 0 Å². The van der Waals surface area contributed by atoms with Crippen molar-refractivity contribution in [3.05, 3.63) is 34.7 Å². The van der Waals surface area contributed by atoms with E-state index in [0.29, 0.717) is 23.6 Å². The molecule has 0 fully saturated rings. The average Bonchev–Trinajstić information content (AvgIpc) is 2.61. The van der Waals surface area contributed by atoms with E-state index in [1.54, 1.807) is 18.3 Å². The maximum atomic E-state index is 11.1. The number of hydrogen-bond donors (Lipinski definition) is 3. The molecule has 6 heteroatoms. The van der Waals surface area contributed by atoms with Crippen LogP contribution >= 0.6 is 0 Å². The van der Waals surface area contributed by atoms with Crippen molar-refractivity contribution < 1.29 is 5.11 Å². The summed E-state index contributed by atoms with van der Waals surface area (Å²) in [5.74, 6) is 0.462. The first-order valence-corrected chi connectivity index (χ1v) is 4.84. The minimum absolute atomic E-state index is 0.0271. The van der Waals surface area contributed by atoms with Crippen molar-refractivity contribution >= 4 is 5.82 Å². The molecule has 0 saturated heterocycles. The summed E-state index contributed by atoms with van der Waals surface area (Å²) in [5.41, 5.74) is 6.84. The third-order valence-electron chi connectivity index (χ3n) is 2.19. The summed E-state index contributed by atoms with van der Waals surface area (Å²) in [6, 6.07) is 4.86. The van der Waals surface area contributed by atoms with E-state index >= 15 is 0 Å². The molecule has 2 aromatic rings. The lowest BCUT2D eigenvalue weighted by Gasteiger charge is -1.99. The fraction of sp³-hybridized carbons (Fsp3) is 0.200. The number of aliphatic hydroxyl groups excluding tert-OH is 1. The number of nitrogen functional groups attached to an aromatic ring is 1. The second-order valence-corrected chi connectivity index (χ2v) is 3.34. The zero-order valence-electron chi connectivity index (χ0n) is 8.55. The summed E-state index contributed by atoms with van der Waals surface area (Å²) >= 11 is 0. The SMILES string of the molecule is Nc1cc(-c2cc[nH]c(=O)c2)nn1CCO. The molecule has 4 N–H and O–H groups in total. The number of H-pyrrole nitrogens is 1. The van der Waals surface area contributed by atoms with Crippen LogP contribution in [-0.4, -0.2) is 26.5 Å². The number of pyridine rings is 1. The molecule has 0 bridgehead atoms. The number of hydrogen-bond acceptors (Lipinski definition) is 4. The molecule has 0 spiro atoms. The van der Waals surface area contributed by atoms with Crippen LogP contribution in [0.15, 0.2) is 29.2 Å². The van der Waals surface area contributed by atoms with Crippen molar-refractivity contribution in [3.63, 3.8) is 0 Å². The molecule has 6 nitrogen and oxygen atoms in total. The molecule has 2 rings (SSSR count). The summed E-state index contributed by atoms with van der Waals surface area (Å²) in [6.45, 7) is 0.315. The van der Waals surface area contributed by atoms with Gasteiger partial charge >= 0.3 is 0 Å². The molecule has 2 heterocycles. The zero-order chi connectivity index (χ0) is 11.5. The van der Waals surface area contributed by atoms with Gasteiger partial charge in [0, 0.05) is 23.9 Å². The van der Waals surface area contributed by atoms with Crippen molar-refractivity contribution in [1.29, 1.82) is 0 Å². The molecule has 0 amide bonds. The van der Waals surface area contributed by atoms with E-state index in [1.165, 1.54) is 10.7 Å². The first-order chi connectivity index (χ1) is 7.70.